The van der Waals surface area contributed by atoms with Crippen LogP contribution in [0.5, 0.6) is 0 Å². The molecule has 4 rings (SSSR count). The number of nitrogens with one attached hydrogen (secondary N) is 1. The summed E-state index contributed by atoms with van der Waals surface area (Å²) in [6.07, 6.45) is 9.78. The average molecular weight is 297 g/mol. The van der Waals surface area contributed by atoms with Crippen molar-refractivity contribution in [2.75, 3.05) is 0 Å². The molecule has 1 amide bonds. The number of aryl methyl sites for hydroxylation is 2. The third kappa shape index (κ3) is 2.68. The average Bonchev–Trinajstić information content (AvgIpc) is 3.22. The van der Waals surface area contributed by atoms with Gasteiger partial charge in [-0.05, 0) is 79.9 Å². The molecular weight excluding hydrogens is 270 g/mol. The predicted molar refractivity (Wildman–Crippen MR) is 88.7 cm³/mol. The van der Waals surface area contributed by atoms with Crippen LogP contribution in [0, 0.1) is 17.8 Å². The number of carbonyl (C=O) groups is 1. The van der Waals surface area contributed by atoms with Gasteiger partial charge in [0, 0.05) is 6.04 Å². The van der Waals surface area contributed by atoms with Crippen molar-refractivity contribution in [2.24, 2.45) is 17.8 Å². The summed E-state index contributed by atoms with van der Waals surface area (Å²) in [5.41, 5.74) is 4.13. The van der Waals surface area contributed by atoms with E-state index in [0.717, 1.165) is 17.8 Å². The Morgan fingerprint density at radius 2 is 2.09 bits per heavy atom. The van der Waals surface area contributed by atoms with Crippen LogP contribution in [0.25, 0.3) is 0 Å². The van der Waals surface area contributed by atoms with Crippen LogP contribution in [0.15, 0.2) is 18.2 Å². The van der Waals surface area contributed by atoms with E-state index in [-0.39, 0.29) is 5.91 Å². The highest BCUT2D eigenvalue weighted by atomic mass is 16.1. The number of hydrogen-bond donors (Lipinski definition) is 1. The van der Waals surface area contributed by atoms with Crippen LogP contribution >= 0.6 is 0 Å². The quantitative estimate of drug-likeness (QED) is 0.903. The summed E-state index contributed by atoms with van der Waals surface area (Å²) in [4.78, 5) is 12.4. The Labute approximate surface area is 133 Å². The highest BCUT2D eigenvalue weighted by Crippen LogP contribution is 2.49. The Balaban J connectivity index is 1.34. The lowest BCUT2D eigenvalue weighted by Gasteiger charge is -2.28. The Morgan fingerprint density at radius 3 is 2.86 bits per heavy atom. The van der Waals surface area contributed by atoms with E-state index in [1.54, 1.807) is 0 Å². The van der Waals surface area contributed by atoms with Crippen molar-refractivity contribution in [3.05, 3.63) is 34.9 Å². The smallest absolute Gasteiger partial charge is 0.224 e. The number of rotatable bonds is 4. The van der Waals surface area contributed by atoms with E-state index in [4.69, 9.17) is 0 Å². The van der Waals surface area contributed by atoms with Crippen LogP contribution in [-0.2, 0) is 24.1 Å². The molecule has 4 unspecified atom stereocenters. The van der Waals surface area contributed by atoms with Gasteiger partial charge in [0.2, 0.25) is 5.91 Å². The van der Waals surface area contributed by atoms with Crippen molar-refractivity contribution in [3.63, 3.8) is 0 Å². The zero-order chi connectivity index (χ0) is 15.1. The molecule has 22 heavy (non-hydrogen) atoms. The van der Waals surface area contributed by atoms with E-state index in [1.807, 2.05) is 0 Å². The highest BCUT2D eigenvalue weighted by Gasteiger charge is 2.42. The highest BCUT2D eigenvalue weighted by molar-refractivity contribution is 5.79. The number of hydrogen-bond acceptors (Lipinski definition) is 1. The molecule has 0 radical (unpaired) electrons. The molecule has 4 atom stereocenters. The topological polar surface area (TPSA) is 29.1 Å². The first-order valence-corrected chi connectivity index (χ1v) is 9.09. The van der Waals surface area contributed by atoms with Gasteiger partial charge in [0.25, 0.3) is 0 Å². The van der Waals surface area contributed by atoms with Gasteiger partial charge in [-0.1, -0.05) is 24.6 Å². The fourth-order valence-electron chi connectivity index (χ4n) is 5.24. The fraction of sp³-hybridized carbons (Fsp3) is 0.650. The van der Waals surface area contributed by atoms with Crippen LogP contribution in [0.2, 0.25) is 0 Å². The van der Waals surface area contributed by atoms with Crippen LogP contribution in [-0.4, -0.2) is 11.9 Å². The van der Waals surface area contributed by atoms with Crippen LogP contribution in [0.4, 0.5) is 0 Å². The molecule has 0 aromatic heterocycles. The summed E-state index contributed by atoms with van der Waals surface area (Å²) in [5, 5.41) is 3.28. The molecule has 1 aromatic carbocycles. The van der Waals surface area contributed by atoms with Gasteiger partial charge in [0.15, 0.2) is 0 Å². The van der Waals surface area contributed by atoms with Gasteiger partial charge < -0.3 is 5.32 Å². The molecule has 0 saturated heterocycles. The minimum atomic E-state index is 0.202. The second-order valence-corrected chi connectivity index (χ2v) is 7.83. The molecule has 3 aliphatic rings. The second kappa shape index (κ2) is 5.72. The molecule has 2 heteroatoms. The van der Waals surface area contributed by atoms with E-state index in [1.165, 1.54) is 61.6 Å². The van der Waals surface area contributed by atoms with Crippen molar-refractivity contribution in [1.82, 2.24) is 5.32 Å². The third-order valence-electron chi connectivity index (χ3n) is 6.35. The van der Waals surface area contributed by atoms with Gasteiger partial charge >= 0.3 is 0 Å². The molecule has 3 aliphatic carbocycles. The van der Waals surface area contributed by atoms with E-state index in [2.05, 4.69) is 30.4 Å². The van der Waals surface area contributed by atoms with Crippen molar-refractivity contribution >= 4 is 5.91 Å². The summed E-state index contributed by atoms with van der Waals surface area (Å²) >= 11 is 0. The lowest BCUT2D eigenvalue weighted by atomic mass is 9.84. The third-order valence-corrected chi connectivity index (χ3v) is 6.35. The Bertz CT molecular complexity index is 579. The maximum atomic E-state index is 12.4. The monoisotopic (exact) mass is 297 g/mol. The lowest BCUT2D eigenvalue weighted by molar-refractivity contribution is -0.121. The van der Waals surface area contributed by atoms with Crippen LogP contribution in [0.1, 0.15) is 55.7 Å². The van der Waals surface area contributed by atoms with E-state index < -0.39 is 0 Å². The minimum absolute atomic E-state index is 0.202. The van der Waals surface area contributed by atoms with Gasteiger partial charge in [-0.3, -0.25) is 4.79 Å². The number of benzene rings is 1. The standard InChI is InChI=1S/C20H27NO/c1-13(19-11-14-6-8-18(19)10-14)21-20(22)12-15-5-7-16-3-2-4-17(16)9-15/h5,7,9,13-14,18-19H,2-4,6,8,10-12H2,1H3,(H,21,22). The molecule has 118 valence electrons. The summed E-state index contributed by atoms with van der Waals surface area (Å²) in [6, 6.07) is 6.97. The number of amides is 1. The SMILES string of the molecule is CC(NC(=O)Cc1ccc2c(c1)CCC2)C1CC2CCC1C2. The molecule has 1 aromatic rings. The maximum Gasteiger partial charge on any atom is 0.224 e. The maximum absolute atomic E-state index is 12.4. The first-order chi connectivity index (χ1) is 10.7. The summed E-state index contributed by atoms with van der Waals surface area (Å²) in [5.74, 6) is 2.75. The molecule has 2 saturated carbocycles. The van der Waals surface area contributed by atoms with E-state index in [9.17, 15) is 4.79 Å². The molecule has 2 bridgehead atoms. The summed E-state index contributed by atoms with van der Waals surface area (Å²) in [6.45, 7) is 2.21. The van der Waals surface area contributed by atoms with Gasteiger partial charge in [-0.2, -0.15) is 0 Å². The molecule has 2 fully saturated rings. The fourth-order valence-corrected chi connectivity index (χ4v) is 5.24. The first kappa shape index (κ1) is 14.3. The van der Waals surface area contributed by atoms with E-state index >= 15 is 0 Å². The molecule has 0 heterocycles. The van der Waals surface area contributed by atoms with Gasteiger partial charge in [-0.15, -0.1) is 0 Å². The Hall–Kier alpha value is -1.31. The van der Waals surface area contributed by atoms with Crippen LogP contribution in [0.3, 0.4) is 0 Å². The van der Waals surface area contributed by atoms with Crippen molar-refractivity contribution in [1.29, 1.82) is 0 Å². The molecule has 0 aliphatic heterocycles. The van der Waals surface area contributed by atoms with Crippen molar-refractivity contribution < 1.29 is 4.79 Å². The zero-order valence-electron chi connectivity index (χ0n) is 13.6. The van der Waals surface area contributed by atoms with Gasteiger partial charge in [-0.25, -0.2) is 0 Å². The molecule has 1 N–H and O–H groups in total. The Morgan fingerprint density at radius 1 is 1.23 bits per heavy atom. The summed E-state index contributed by atoms with van der Waals surface area (Å²) < 4.78 is 0. The molecule has 2 nitrogen and oxygen atoms in total. The summed E-state index contributed by atoms with van der Waals surface area (Å²) in [7, 11) is 0. The van der Waals surface area contributed by atoms with Gasteiger partial charge in [0.05, 0.1) is 6.42 Å². The van der Waals surface area contributed by atoms with Crippen LogP contribution < -0.4 is 5.32 Å². The molecular formula is C20H27NO. The minimum Gasteiger partial charge on any atom is -0.353 e. The normalized spacial score (nSPS) is 30.3. The van der Waals surface area contributed by atoms with Crippen molar-refractivity contribution in [2.45, 2.75) is 64.3 Å². The Kier molecular flexibility index (Phi) is 3.71. The second-order valence-electron chi connectivity index (χ2n) is 7.83. The van der Waals surface area contributed by atoms with E-state index in [0.29, 0.717) is 12.5 Å². The molecule has 0 spiro atoms. The predicted octanol–water partition coefficient (Wildman–Crippen LogP) is 3.66. The van der Waals surface area contributed by atoms with Crippen molar-refractivity contribution in [3.8, 4) is 0 Å². The van der Waals surface area contributed by atoms with Gasteiger partial charge in [0.1, 0.15) is 0 Å². The first-order valence-electron chi connectivity index (χ1n) is 9.09. The largest absolute Gasteiger partial charge is 0.353 e. The zero-order valence-corrected chi connectivity index (χ0v) is 13.6. The lowest BCUT2D eigenvalue weighted by Crippen LogP contribution is -2.40. The number of fused-ring (bicyclic) bond motifs is 3. The number of carbonyl (C=O) groups excluding carboxylic acids is 1.